The average molecular weight is 642 g/mol. The molecule has 0 spiro atoms. The predicted octanol–water partition coefficient (Wildman–Crippen LogP) is 2.33. The number of nitrogens with one attached hydrogen (secondary N) is 2. The molecule has 15 heteroatoms. The van der Waals surface area contributed by atoms with E-state index in [1.807, 2.05) is 12.1 Å². The van der Waals surface area contributed by atoms with Crippen molar-refractivity contribution in [2.75, 3.05) is 36.5 Å². The van der Waals surface area contributed by atoms with Gasteiger partial charge in [0, 0.05) is 42.9 Å². The van der Waals surface area contributed by atoms with Crippen LogP contribution in [0.15, 0.2) is 46.2 Å². The second-order valence-corrected chi connectivity index (χ2v) is 12.9. The molecule has 2 aliphatic rings. The zero-order valence-corrected chi connectivity index (χ0v) is 25.8. The summed E-state index contributed by atoms with van der Waals surface area (Å²) in [6, 6.07) is 6.01. The third-order valence-corrected chi connectivity index (χ3v) is 10.2. The van der Waals surface area contributed by atoms with E-state index in [9.17, 15) is 9.59 Å². The Kier molecular flexibility index (Phi) is 7.15. The highest BCUT2D eigenvalue weighted by Gasteiger charge is 2.28. The number of nitrogens with two attached hydrogens (primary N) is 1. The highest BCUT2D eigenvalue weighted by molar-refractivity contribution is 7.22. The fraction of sp³-hybridized carbons (Fsp3) is 0.355. The summed E-state index contributed by atoms with van der Waals surface area (Å²) in [6.07, 6.45) is 9.29. The molecule has 46 heavy (non-hydrogen) atoms. The van der Waals surface area contributed by atoms with Crippen LogP contribution >= 0.6 is 11.3 Å². The summed E-state index contributed by atoms with van der Waals surface area (Å²) < 4.78 is 13.7. The van der Waals surface area contributed by atoms with Crippen LogP contribution < -0.4 is 27.1 Å². The summed E-state index contributed by atoms with van der Waals surface area (Å²) in [4.78, 5) is 37.5. The van der Waals surface area contributed by atoms with Gasteiger partial charge in [0.25, 0.3) is 5.91 Å². The molecule has 236 valence electrons. The maximum Gasteiger partial charge on any atom is 0.254 e. The Balaban J connectivity index is 1.24. The monoisotopic (exact) mass is 641 g/mol. The second-order valence-electron chi connectivity index (χ2n) is 11.9. The van der Waals surface area contributed by atoms with E-state index in [1.165, 1.54) is 17.7 Å². The van der Waals surface area contributed by atoms with Crippen molar-refractivity contribution in [2.45, 2.75) is 44.2 Å². The number of rotatable bonds is 7. The number of amides is 1. The quantitative estimate of drug-likeness (QED) is 0.201. The molecule has 2 atom stereocenters. The Hall–Kier alpha value is -4.86. The number of H-pyrrole nitrogens is 1. The fourth-order valence-corrected chi connectivity index (χ4v) is 7.84. The minimum atomic E-state index is -0.641. The average Bonchev–Trinajstić information content (AvgIpc) is 3.83. The molecule has 7 N–H and O–H groups in total. The number of nitrogens with zero attached hydrogens (tertiary/aromatic N) is 6. The lowest BCUT2D eigenvalue weighted by Crippen LogP contribution is -2.68. The first kappa shape index (κ1) is 28.6. The molecule has 14 nitrogen and oxygen atoms in total. The molecule has 1 saturated carbocycles. The SMILES string of the molecule is NC(=O)c1c(Cc2cc(-c3coc4c(=O)cc(N5CCOCC5)sc34)cc3cn[nH]c23)nc(N[C@H]2CCCC[C@H]2[NH3+])n2ncnc12. The van der Waals surface area contributed by atoms with Crippen LogP contribution in [0.2, 0.25) is 0 Å². The highest BCUT2D eigenvalue weighted by Crippen LogP contribution is 2.38. The van der Waals surface area contributed by atoms with E-state index in [2.05, 4.69) is 36.2 Å². The summed E-state index contributed by atoms with van der Waals surface area (Å²) in [5, 5.41) is 17.1. The lowest BCUT2D eigenvalue weighted by molar-refractivity contribution is -0.427. The van der Waals surface area contributed by atoms with Crippen molar-refractivity contribution >= 4 is 55.0 Å². The smallest absolute Gasteiger partial charge is 0.254 e. The van der Waals surface area contributed by atoms with Crippen LogP contribution in [-0.2, 0) is 11.2 Å². The number of hydrogen-bond acceptors (Lipinski definition) is 11. The highest BCUT2D eigenvalue weighted by atomic mass is 32.1. The van der Waals surface area contributed by atoms with Crippen LogP contribution in [-0.4, -0.2) is 74.1 Å². The van der Waals surface area contributed by atoms with Gasteiger partial charge in [0.15, 0.2) is 11.2 Å². The molecular weight excluding hydrogens is 608 g/mol. The minimum Gasteiger partial charge on any atom is -0.459 e. The first-order valence-corrected chi connectivity index (χ1v) is 16.2. The van der Waals surface area contributed by atoms with Crippen molar-refractivity contribution < 1.29 is 19.7 Å². The molecule has 1 aromatic carbocycles. The number of morpholine rings is 1. The van der Waals surface area contributed by atoms with Gasteiger partial charge < -0.3 is 30.8 Å². The van der Waals surface area contributed by atoms with Crippen LogP contribution in [0.1, 0.15) is 47.3 Å². The number of hydrogen-bond donors (Lipinski definition) is 4. The number of anilines is 2. The maximum absolute atomic E-state index is 13.1. The van der Waals surface area contributed by atoms with Gasteiger partial charge in [-0.1, -0.05) is 6.42 Å². The summed E-state index contributed by atoms with van der Waals surface area (Å²) in [6.45, 7) is 2.68. The number of quaternary nitrogens is 1. The zero-order chi connectivity index (χ0) is 31.4. The van der Waals surface area contributed by atoms with E-state index >= 15 is 0 Å². The number of furan rings is 1. The summed E-state index contributed by atoms with van der Waals surface area (Å²) in [7, 11) is 0. The first-order chi connectivity index (χ1) is 22.4. The number of ether oxygens (including phenoxy) is 1. The molecule has 2 fully saturated rings. The molecule has 0 radical (unpaired) electrons. The van der Waals surface area contributed by atoms with E-state index in [1.54, 1.807) is 23.0 Å². The standard InChI is InChI=1S/C31H32N10O4S/c32-20-3-1-2-4-21(20)37-31-38-22(25(29(33)43)30-34-15-36-41(30)31)11-17-9-16(10-18-13-35-39-26(17)18)19-14-45-27-23(42)12-24(46-28(19)27)40-5-7-44-8-6-40/h9-10,12-15,20-21H,1-8,11,32H2,(H2,33,43)(H,35,39)(H,37,38)/p+1/t20-,21+/m1/s1. The Morgan fingerprint density at radius 2 is 2.04 bits per heavy atom. The number of carbonyl (C=O) groups excluding carboxylic acids is 1. The van der Waals surface area contributed by atoms with Crippen LogP contribution in [0.3, 0.4) is 0 Å². The third kappa shape index (κ3) is 4.96. The number of fused-ring (bicyclic) bond motifs is 3. The molecule has 6 aromatic rings. The number of aromatic amines is 1. The zero-order valence-electron chi connectivity index (χ0n) is 25.0. The van der Waals surface area contributed by atoms with Crippen LogP contribution in [0.25, 0.3) is 38.0 Å². The molecule has 5 aromatic heterocycles. The van der Waals surface area contributed by atoms with Crippen molar-refractivity contribution in [3.63, 3.8) is 0 Å². The van der Waals surface area contributed by atoms with Gasteiger partial charge in [0.1, 0.15) is 24.2 Å². The molecule has 0 bridgehead atoms. The van der Waals surface area contributed by atoms with Gasteiger partial charge in [0.2, 0.25) is 11.4 Å². The maximum atomic E-state index is 13.1. The summed E-state index contributed by atoms with van der Waals surface area (Å²) in [5.74, 6) is -0.149. The number of carbonyl (C=O) groups is 1. The lowest BCUT2D eigenvalue weighted by Gasteiger charge is -2.27. The topological polar surface area (TPSA) is 197 Å². The number of aromatic nitrogens is 6. The fourth-order valence-electron chi connectivity index (χ4n) is 6.64. The normalized spacial score (nSPS) is 18.9. The van der Waals surface area contributed by atoms with Crippen molar-refractivity contribution in [1.29, 1.82) is 0 Å². The van der Waals surface area contributed by atoms with Gasteiger partial charge in [-0.3, -0.25) is 14.7 Å². The molecule has 1 saturated heterocycles. The van der Waals surface area contributed by atoms with E-state index in [-0.39, 0.29) is 29.5 Å². The molecular formula is C31H33N10O4S+. The van der Waals surface area contributed by atoms with Gasteiger partial charge in [-0.2, -0.15) is 14.7 Å². The molecule has 8 rings (SSSR count). The first-order valence-electron chi connectivity index (χ1n) is 15.4. The van der Waals surface area contributed by atoms with E-state index < -0.39 is 5.91 Å². The van der Waals surface area contributed by atoms with Crippen molar-refractivity contribution in [2.24, 2.45) is 5.73 Å². The van der Waals surface area contributed by atoms with Gasteiger partial charge in [0.05, 0.1) is 46.4 Å². The third-order valence-electron chi connectivity index (χ3n) is 9.02. The van der Waals surface area contributed by atoms with Gasteiger partial charge in [-0.15, -0.1) is 11.3 Å². The molecule has 1 aliphatic heterocycles. The molecule has 1 aliphatic carbocycles. The molecule has 1 amide bonds. The Morgan fingerprint density at radius 3 is 2.87 bits per heavy atom. The largest absolute Gasteiger partial charge is 0.459 e. The van der Waals surface area contributed by atoms with E-state index in [0.717, 1.165) is 76.1 Å². The Bertz CT molecular complexity index is 2160. The summed E-state index contributed by atoms with van der Waals surface area (Å²) in [5.41, 5.74) is 14.8. The lowest BCUT2D eigenvalue weighted by atomic mass is 9.91. The number of benzene rings is 1. The minimum absolute atomic E-state index is 0.118. The van der Waals surface area contributed by atoms with Crippen LogP contribution in [0.4, 0.5) is 10.9 Å². The molecule has 0 unspecified atom stereocenters. The van der Waals surface area contributed by atoms with Gasteiger partial charge in [-0.05, 0) is 36.1 Å². The predicted molar refractivity (Wildman–Crippen MR) is 173 cm³/mol. The Labute approximate surface area is 265 Å². The van der Waals surface area contributed by atoms with Crippen molar-refractivity contribution in [3.8, 4) is 11.1 Å². The van der Waals surface area contributed by atoms with Crippen molar-refractivity contribution in [3.05, 3.63) is 64.0 Å². The van der Waals surface area contributed by atoms with E-state index in [4.69, 9.17) is 19.9 Å². The van der Waals surface area contributed by atoms with Crippen LogP contribution in [0.5, 0.6) is 0 Å². The Morgan fingerprint density at radius 1 is 1.20 bits per heavy atom. The van der Waals surface area contributed by atoms with E-state index in [0.29, 0.717) is 36.1 Å². The van der Waals surface area contributed by atoms with Crippen molar-refractivity contribution in [1.82, 2.24) is 29.8 Å². The molecule has 6 heterocycles. The van der Waals surface area contributed by atoms with Gasteiger partial charge >= 0.3 is 0 Å². The second kappa shape index (κ2) is 11.5. The van der Waals surface area contributed by atoms with Gasteiger partial charge in [-0.25, -0.2) is 9.97 Å². The summed E-state index contributed by atoms with van der Waals surface area (Å²) >= 11 is 1.53. The van der Waals surface area contributed by atoms with Crippen LogP contribution in [0, 0.1) is 0 Å². The number of primary amides is 1.